The largest absolute Gasteiger partial charge is 0.344 e. The summed E-state index contributed by atoms with van der Waals surface area (Å²) in [5.41, 5.74) is 0.506. The molecule has 0 aliphatic carbocycles. The van der Waals surface area contributed by atoms with Crippen LogP contribution in [-0.4, -0.2) is 29.7 Å². The number of rotatable bonds is 4. The normalized spacial score (nSPS) is 17.8. The van der Waals surface area contributed by atoms with Gasteiger partial charge in [-0.05, 0) is 6.42 Å². The van der Waals surface area contributed by atoms with Gasteiger partial charge in [-0.25, -0.2) is 0 Å². The highest BCUT2D eigenvalue weighted by molar-refractivity contribution is 7.15. The van der Waals surface area contributed by atoms with Gasteiger partial charge in [0.15, 0.2) is 0 Å². The monoisotopic (exact) mass is 343 g/mol. The van der Waals surface area contributed by atoms with Gasteiger partial charge in [-0.2, -0.15) is 0 Å². The predicted octanol–water partition coefficient (Wildman–Crippen LogP) is 0.824. The molecule has 0 radical (unpaired) electrons. The second-order valence-corrected chi connectivity index (χ2v) is 6.11. The minimum Gasteiger partial charge on any atom is -0.344 e. The van der Waals surface area contributed by atoms with Crippen LogP contribution in [0.4, 0.5) is 5.00 Å². The second kappa shape index (κ2) is 6.89. The van der Waals surface area contributed by atoms with E-state index in [0.717, 1.165) is 0 Å². The molecular weight excluding hydrogens is 330 g/mol. The Morgan fingerprint density at radius 3 is 2.82 bits per heavy atom. The van der Waals surface area contributed by atoms with Gasteiger partial charge in [0, 0.05) is 24.3 Å². The molecule has 1 aliphatic rings. The third-order valence-electron chi connectivity index (χ3n) is 3.04. The molecule has 0 spiro atoms. The second-order valence-electron chi connectivity index (χ2n) is 4.82. The van der Waals surface area contributed by atoms with Crippen molar-refractivity contribution in [2.24, 2.45) is 0 Å². The van der Waals surface area contributed by atoms with Crippen LogP contribution in [-0.2, 0) is 25.6 Å². The number of halogens is 1. The summed E-state index contributed by atoms with van der Waals surface area (Å²) < 4.78 is 0. The number of piperidine rings is 1. The van der Waals surface area contributed by atoms with Crippen LogP contribution in [0.3, 0.4) is 0 Å². The van der Waals surface area contributed by atoms with Gasteiger partial charge in [0.25, 0.3) is 0 Å². The highest BCUT2D eigenvalue weighted by atomic mass is 35.5. The summed E-state index contributed by atoms with van der Waals surface area (Å²) in [6.45, 7) is 1.36. The summed E-state index contributed by atoms with van der Waals surface area (Å²) in [4.78, 5) is 45.8. The molecule has 1 saturated heterocycles. The lowest BCUT2D eigenvalue weighted by atomic mass is 10.1. The SMILES string of the molecule is CC(=O)Nc1scc(Cl)c1CC(=O)NC1CCC(=O)NC1=O. The maximum absolute atomic E-state index is 12.1. The third-order valence-corrected chi connectivity index (χ3v) is 4.45. The van der Waals surface area contributed by atoms with Gasteiger partial charge in [0.05, 0.1) is 11.4 Å². The van der Waals surface area contributed by atoms with E-state index in [1.807, 2.05) is 0 Å². The molecule has 7 nitrogen and oxygen atoms in total. The molecule has 22 heavy (non-hydrogen) atoms. The maximum atomic E-state index is 12.1. The number of carbonyl (C=O) groups excluding carboxylic acids is 4. The molecule has 4 amide bonds. The molecule has 1 atom stereocenters. The molecule has 3 N–H and O–H groups in total. The first-order valence-electron chi connectivity index (χ1n) is 6.53. The molecule has 0 saturated carbocycles. The summed E-state index contributed by atoms with van der Waals surface area (Å²) in [5.74, 6) is -1.51. The van der Waals surface area contributed by atoms with Crippen molar-refractivity contribution in [3.05, 3.63) is 16.0 Å². The van der Waals surface area contributed by atoms with E-state index in [0.29, 0.717) is 15.6 Å². The van der Waals surface area contributed by atoms with Gasteiger partial charge < -0.3 is 10.6 Å². The molecule has 1 aromatic heterocycles. The van der Waals surface area contributed by atoms with Crippen LogP contribution in [0.25, 0.3) is 0 Å². The van der Waals surface area contributed by atoms with Gasteiger partial charge in [-0.15, -0.1) is 11.3 Å². The Morgan fingerprint density at radius 1 is 1.45 bits per heavy atom. The molecule has 2 rings (SSSR count). The van der Waals surface area contributed by atoms with Crippen molar-refractivity contribution >= 4 is 51.6 Å². The van der Waals surface area contributed by atoms with Crippen LogP contribution in [0.1, 0.15) is 25.3 Å². The third kappa shape index (κ3) is 4.05. The molecule has 2 heterocycles. The van der Waals surface area contributed by atoms with E-state index in [4.69, 9.17) is 11.6 Å². The van der Waals surface area contributed by atoms with E-state index in [9.17, 15) is 19.2 Å². The van der Waals surface area contributed by atoms with E-state index in [-0.39, 0.29) is 31.1 Å². The van der Waals surface area contributed by atoms with Crippen LogP contribution < -0.4 is 16.0 Å². The molecule has 0 aromatic carbocycles. The van der Waals surface area contributed by atoms with Crippen LogP contribution in [0.15, 0.2) is 5.38 Å². The van der Waals surface area contributed by atoms with Crippen LogP contribution in [0.2, 0.25) is 5.02 Å². The maximum Gasteiger partial charge on any atom is 0.249 e. The lowest BCUT2D eigenvalue weighted by Gasteiger charge is -2.21. The molecule has 1 fully saturated rings. The lowest BCUT2D eigenvalue weighted by Crippen LogP contribution is -2.52. The summed E-state index contributed by atoms with van der Waals surface area (Å²) in [5, 5.41) is 9.86. The van der Waals surface area contributed by atoms with Crippen LogP contribution >= 0.6 is 22.9 Å². The van der Waals surface area contributed by atoms with Crippen molar-refractivity contribution in [3.8, 4) is 0 Å². The van der Waals surface area contributed by atoms with Crippen molar-refractivity contribution in [1.29, 1.82) is 0 Å². The van der Waals surface area contributed by atoms with Crippen molar-refractivity contribution in [1.82, 2.24) is 10.6 Å². The Hall–Kier alpha value is -1.93. The number of hydrogen-bond donors (Lipinski definition) is 3. The van der Waals surface area contributed by atoms with E-state index in [1.165, 1.54) is 18.3 Å². The molecule has 1 unspecified atom stereocenters. The van der Waals surface area contributed by atoms with E-state index >= 15 is 0 Å². The molecular formula is C13H14ClN3O4S. The summed E-state index contributed by atoms with van der Waals surface area (Å²) >= 11 is 7.24. The quantitative estimate of drug-likeness (QED) is 0.704. The van der Waals surface area contributed by atoms with Crippen molar-refractivity contribution in [2.75, 3.05) is 5.32 Å². The predicted molar refractivity (Wildman–Crippen MR) is 81.7 cm³/mol. The Morgan fingerprint density at radius 2 is 2.18 bits per heavy atom. The summed E-state index contributed by atoms with van der Waals surface area (Å²) in [6.07, 6.45) is 0.398. The highest BCUT2D eigenvalue weighted by Gasteiger charge is 2.28. The first kappa shape index (κ1) is 16.4. The Kier molecular flexibility index (Phi) is 5.15. The number of hydrogen-bond acceptors (Lipinski definition) is 5. The zero-order valence-corrected chi connectivity index (χ0v) is 13.3. The van der Waals surface area contributed by atoms with Crippen molar-refractivity contribution < 1.29 is 19.2 Å². The zero-order valence-electron chi connectivity index (χ0n) is 11.7. The topological polar surface area (TPSA) is 104 Å². The number of imide groups is 1. The number of anilines is 1. The van der Waals surface area contributed by atoms with Gasteiger partial charge in [0.1, 0.15) is 11.0 Å². The average Bonchev–Trinajstić information content (AvgIpc) is 2.74. The van der Waals surface area contributed by atoms with Gasteiger partial charge >= 0.3 is 0 Å². The number of carbonyl (C=O) groups is 4. The molecule has 118 valence electrons. The molecule has 9 heteroatoms. The lowest BCUT2D eigenvalue weighted by molar-refractivity contribution is -0.137. The Bertz CT molecular complexity index is 643. The number of thiophene rings is 1. The van der Waals surface area contributed by atoms with Crippen molar-refractivity contribution in [2.45, 2.75) is 32.2 Å². The fraction of sp³-hybridized carbons (Fsp3) is 0.385. The average molecular weight is 344 g/mol. The minimum atomic E-state index is -0.730. The first-order chi connectivity index (χ1) is 10.4. The zero-order chi connectivity index (χ0) is 16.3. The Labute approximate surface area is 135 Å². The summed E-state index contributed by atoms with van der Waals surface area (Å²) in [7, 11) is 0. The standard InChI is InChI=1S/C13H14ClN3O4S/c1-6(18)15-13-7(8(14)5-22-13)4-11(20)16-9-2-3-10(19)17-12(9)21/h5,9H,2-4H2,1H3,(H,15,18)(H,16,20)(H,17,19,21). The van der Waals surface area contributed by atoms with Gasteiger partial charge in [0.2, 0.25) is 23.6 Å². The smallest absolute Gasteiger partial charge is 0.249 e. The van der Waals surface area contributed by atoms with E-state index in [1.54, 1.807) is 5.38 Å². The number of amides is 4. The first-order valence-corrected chi connectivity index (χ1v) is 7.79. The summed E-state index contributed by atoms with van der Waals surface area (Å²) in [6, 6.07) is -0.730. The van der Waals surface area contributed by atoms with Crippen LogP contribution in [0.5, 0.6) is 0 Å². The molecule has 1 aromatic rings. The Balaban J connectivity index is 2.00. The van der Waals surface area contributed by atoms with Gasteiger partial charge in [-0.1, -0.05) is 11.6 Å². The van der Waals surface area contributed by atoms with E-state index in [2.05, 4.69) is 16.0 Å². The molecule has 0 bridgehead atoms. The van der Waals surface area contributed by atoms with Crippen molar-refractivity contribution in [3.63, 3.8) is 0 Å². The van der Waals surface area contributed by atoms with E-state index < -0.39 is 17.9 Å². The van der Waals surface area contributed by atoms with Crippen LogP contribution in [0, 0.1) is 0 Å². The van der Waals surface area contributed by atoms with Gasteiger partial charge in [-0.3, -0.25) is 24.5 Å². The minimum absolute atomic E-state index is 0.0598. The number of nitrogens with one attached hydrogen (secondary N) is 3. The highest BCUT2D eigenvalue weighted by Crippen LogP contribution is 2.32. The fourth-order valence-electron chi connectivity index (χ4n) is 2.03. The molecule has 1 aliphatic heterocycles. The fourth-order valence-corrected chi connectivity index (χ4v) is 3.27.